The summed E-state index contributed by atoms with van der Waals surface area (Å²) in [6.07, 6.45) is 1.97. The third kappa shape index (κ3) is 4.05. The topological polar surface area (TPSA) is 68.5 Å². The Balaban J connectivity index is 1.92. The first-order valence-electron chi connectivity index (χ1n) is 7.25. The van der Waals surface area contributed by atoms with Crippen molar-refractivity contribution in [1.82, 2.24) is 4.98 Å². The first kappa shape index (κ1) is 18.0. The lowest BCUT2D eigenvalue weighted by atomic mass is 10.2. The lowest BCUT2D eigenvalue weighted by Gasteiger charge is -2.15. The summed E-state index contributed by atoms with van der Waals surface area (Å²) >= 11 is 6.35. The van der Waals surface area contributed by atoms with Crippen LogP contribution in [-0.2, 0) is 6.54 Å². The molecule has 6 nitrogen and oxygen atoms in total. The molecule has 0 bridgehead atoms. The van der Waals surface area contributed by atoms with Crippen molar-refractivity contribution in [1.29, 1.82) is 0 Å². The molecule has 25 heavy (non-hydrogen) atoms. The van der Waals surface area contributed by atoms with Gasteiger partial charge in [-0.25, -0.2) is 15.1 Å². The summed E-state index contributed by atoms with van der Waals surface area (Å²) in [4.78, 5) is 16.2. The Morgan fingerprint density at radius 3 is 2.72 bits per heavy atom. The van der Waals surface area contributed by atoms with Gasteiger partial charge in [0.1, 0.15) is 23.5 Å². The molecule has 0 saturated heterocycles. The second-order valence-corrected chi connectivity index (χ2v) is 7.53. The molecule has 0 aliphatic rings. The molecule has 0 fully saturated rings. The van der Waals surface area contributed by atoms with E-state index in [0.717, 1.165) is 25.1 Å². The van der Waals surface area contributed by atoms with E-state index in [4.69, 9.17) is 4.74 Å². The van der Waals surface area contributed by atoms with Crippen molar-refractivity contribution in [2.24, 2.45) is 0 Å². The predicted octanol–water partition coefficient (Wildman–Crippen LogP) is 4.95. The molecule has 3 rings (SSSR count). The molecular formula is C16H14BrN3O3S2. The number of thiazole rings is 1. The number of ether oxygens (including phenoxy) is 1. The molecular weight excluding hydrogens is 426 g/mol. The van der Waals surface area contributed by atoms with Gasteiger partial charge in [0.25, 0.3) is 0 Å². The maximum Gasteiger partial charge on any atom is 0.165 e. The number of aromatic nitrogens is 1. The fourth-order valence-electron chi connectivity index (χ4n) is 2.38. The number of alkyl halides is 1. The summed E-state index contributed by atoms with van der Waals surface area (Å²) in [6.45, 7) is 0.139. The van der Waals surface area contributed by atoms with Crippen LogP contribution >= 0.6 is 39.0 Å². The Hall–Kier alpha value is -1.84. The largest absolute Gasteiger partial charge is 0.482 e. The molecule has 9 heteroatoms. The van der Waals surface area contributed by atoms with E-state index in [9.17, 15) is 10.1 Å². The zero-order valence-electron chi connectivity index (χ0n) is 13.2. The number of hydrogen-bond donors (Lipinski definition) is 0. The summed E-state index contributed by atoms with van der Waals surface area (Å²) in [5.74, 6) is 0.648. The van der Waals surface area contributed by atoms with Gasteiger partial charge in [0, 0.05) is 5.56 Å². The Bertz CT molecular complexity index is 886. The van der Waals surface area contributed by atoms with E-state index >= 15 is 0 Å². The minimum atomic E-state index is -0.402. The van der Waals surface area contributed by atoms with Gasteiger partial charge >= 0.3 is 0 Å². The van der Waals surface area contributed by atoms with Crippen LogP contribution < -0.4 is 9.75 Å². The van der Waals surface area contributed by atoms with Gasteiger partial charge in [-0.1, -0.05) is 28.9 Å². The maximum absolute atomic E-state index is 11.6. The second-order valence-electron chi connectivity index (χ2n) is 4.99. The Kier molecular flexibility index (Phi) is 5.77. The van der Waals surface area contributed by atoms with Crippen molar-refractivity contribution in [3.63, 3.8) is 0 Å². The molecule has 0 N–H and O–H groups in total. The second kappa shape index (κ2) is 8.03. The minimum absolute atomic E-state index is 0.139. The van der Waals surface area contributed by atoms with Crippen molar-refractivity contribution in [3.05, 3.63) is 58.1 Å². The van der Waals surface area contributed by atoms with Crippen molar-refractivity contribution >= 4 is 54.9 Å². The number of benzene rings is 2. The van der Waals surface area contributed by atoms with Crippen LogP contribution in [0.5, 0.6) is 5.75 Å². The average Bonchev–Trinajstić information content (AvgIpc) is 3.04. The fraction of sp³-hybridized carbons (Fsp3) is 0.188. The molecule has 0 atom stereocenters. The molecule has 1 heterocycles. The van der Waals surface area contributed by atoms with Gasteiger partial charge in [-0.15, -0.1) is 11.3 Å². The Morgan fingerprint density at radius 2 is 2.08 bits per heavy atom. The van der Waals surface area contributed by atoms with Crippen molar-refractivity contribution in [2.75, 3.05) is 16.8 Å². The lowest BCUT2D eigenvalue weighted by Crippen LogP contribution is -2.29. The van der Waals surface area contributed by atoms with Crippen LogP contribution in [0.2, 0.25) is 0 Å². The van der Waals surface area contributed by atoms with Crippen molar-refractivity contribution in [2.45, 2.75) is 10.9 Å². The number of anilines is 1. The van der Waals surface area contributed by atoms with Gasteiger partial charge in [-0.2, -0.15) is 0 Å². The first-order valence-corrected chi connectivity index (χ1v) is 10.4. The Morgan fingerprint density at radius 1 is 1.32 bits per heavy atom. The number of nitro groups is 1. The molecule has 0 unspecified atom stereocenters. The van der Waals surface area contributed by atoms with E-state index in [-0.39, 0.29) is 6.54 Å². The number of para-hydroxylation sites is 1. The van der Waals surface area contributed by atoms with Crippen molar-refractivity contribution in [3.8, 4) is 5.75 Å². The SMILES string of the molecule is CSc1nc2c(CN(c3ccc(OCBr)cc3)[N+](=O)[O-])cccc2s1. The number of thioether (sulfide) groups is 1. The number of hydrazine groups is 1. The van der Waals surface area contributed by atoms with Gasteiger partial charge in [-0.3, -0.25) is 0 Å². The smallest absolute Gasteiger partial charge is 0.165 e. The van der Waals surface area contributed by atoms with E-state index in [2.05, 4.69) is 20.9 Å². The Labute approximate surface area is 161 Å². The molecule has 0 aliphatic heterocycles. The van der Waals surface area contributed by atoms with Gasteiger partial charge < -0.3 is 4.74 Å². The highest BCUT2D eigenvalue weighted by molar-refractivity contribution is 9.09. The molecule has 3 aromatic rings. The molecule has 0 aliphatic carbocycles. The first-order chi connectivity index (χ1) is 12.1. The summed E-state index contributed by atoms with van der Waals surface area (Å²) in [6, 6.07) is 12.5. The van der Waals surface area contributed by atoms with E-state index < -0.39 is 5.03 Å². The fourth-order valence-corrected chi connectivity index (χ4v) is 4.18. The van der Waals surface area contributed by atoms with E-state index in [1.54, 1.807) is 47.4 Å². The zero-order valence-corrected chi connectivity index (χ0v) is 16.4. The number of nitrogens with zero attached hydrogens (tertiary/aromatic N) is 3. The molecule has 130 valence electrons. The van der Waals surface area contributed by atoms with Gasteiger partial charge in [-0.05, 0) is 52.5 Å². The highest BCUT2D eigenvalue weighted by atomic mass is 79.9. The zero-order chi connectivity index (χ0) is 17.8. The third-order valence-electron chi connectivity index (χ3n) is 3.53. The molecule has 0 amide bonds. The molecule has 2 aromatic carbocycles. The summed E-state index contributed by atoms with van der Waals surface area (Å²) < 4.78 is 7.29. The van der Waals surface area contributed by atoms with Crippen molar-refractivity contribution < 1.29 is 9.77 Å². The number of rotatable bonds is 7. The normalized spacial score (nSPS) is 10.8. The monoisotopic (exact) mass is 439 g/mol. The highest BCUT2D eigenvalue weighted by Gasteiger charge is 2.20. The van der Waals surface area contributed by atoms with Crippen LogP contribution in [0.25, 0.3) is 10.2 Å². The van der Waals surface area contributed by atoms with Crippen LogP contribution in [0.1, 0.15) is 5.56 Å². The summed E-state index contributed by atoms with van der Waals surface area (Å²) in [5, 5.41) is 12.3. The molecule has 0 radical (unpaired) electrons. The standard InChI is InChI=1S/C16H14BrN3O3S2/c1-24-16-18-15-11(3-2-4-14(15)25-16)9-19(20(21)22)12-5-7-13(8-6-12)23-10-17/h2-8H,9-10H2,1H3. The minimum Gasteiger partial charge on any atom is -0.482 e. The third-order valence-corrected chi connectivity index (χ3v) is 5.77. The van der Waals surface area contributed by atoms with Gasteiger partial charge in [0.05, 0.1) is 10.2 Å². The van der Waals surface area contributed by atoms with E-state index in [1.807, 2.05) is 24.5 Å². The van der Waals surface area contributed by atoms with Crippen LogP contribution in [-0.4, -0.2) is 21.8 Å². The van der Waals surface area contributed by atoms with Crippen LogP contribution in [0.15, 0.2) is 46.8 Å². The predicted molar refractivity (Wildman–Crippen MR) is 105 cm³/mol. The lowest BCUT2D eigenvalue weighted by molar-refractivity contribution is -0.496. The quantitative estimate of drug-likeness (QED) is 0.224. The van der Waals surface area contributed by atoms with E-state index in [0.29, 0.717) is 17.0 Å². The van der Waals surface area contributed by atoms with E-state index in [1.165, 1.54) is 0 Å². The summed E-state index contributed by atoms with van der Waals surface area (Å²) in [7, 11) is 0. The molecule has 0 saturated carbocycles. The number of fused-ring (bicyclic) bond motifs is 1. The van der Waals surface area contributed by atoms with Gasteiger partial charge in [0.2, 0.25) is 0 Å². The number of hydrogen-bond acceptors (Lipinski definition) is 6. The number of halogens is 1. The van der Waals surface area contributed by atoms with Crippen LogP contribution in [0.3, 0.4) is 0 Å². The average molecular weight is 440 g/mol. The summed E-state index contributed by atoms with van der Waals surface area (Å²) in [5.41, 5.74) is 2.51. The van der Waals surface area contributed by atoms with Crippen LogP contribution in [0.4, 0.5) is 5.69 Å². The van der Waals surface area contributed by atoms with Gasteiger partial charge in [0.15, 0.2) is 9.37 Å². The highest BCUT2D eigenvalue weighted by Crippen LogP contribution is 2.31. The molecule has 0 spiro atoms. The maximum atomic E-state index is 11.6. The molecule has 1 aromatic heterocycles. The van der Waals surface area contributed by atoms with Crippen LogP contribution in [0, 0.1) is 10.1 Å².